The number of benzene rings is 1. The highest BCUT2D eigenvalue weighted by atomic mass is 16.5. The van der Waals surface area contributed by atoms with E-state index in [4.69, 9.17) is 4.74 Å². The third kappa shape index (κ3) is 5.29. The van der Waals surface area contributed by atoms with Crippen molar-refractivity contribution in [1.29, 1.82) is 0 Å². The standard InChI is InChI=1S/C18H22N4O3/c1-12-4-5-14(22-17(23)7-8-19-2)16(10-12)25-13-6-9-21-15(11-13)18(24)20-3/h4-6,9-11,19H,7-8H2,1-3H3,(H,20,24)(H,22,23). The van der Waals surface area contributed by atoms with Crippen molar-refractivity contribution in [3.8, 4) is 11.5 Å². The van der Waals surface area contributed by atoms with E-state index in [1.165, 1.54) is 13.2 Å². The van der Waals surface area contributed by atoms with Gasteiger partial charge in [0.2, 0.25) is 5.91 Å². The molecule has 2 aromatic rings. The summed E-state index contributed by atoms with van der Waals surface area (Å²) in [5.74, 6) is 0.566. The third-order valence-electron chi connectivity index (χ3n) is 3.43. The molecule has 0 saturated heterocycles. The Morgan fingerprint density at radius 2 is 1.96 bits per heavy atom. The van der Waals surface area contributed by atoms with Gasteiger partial charge in [0.15, 0.2) is 5.75 Å². The van der Waals surface area contributed by atoms with E-state index >= 15 is 0 Å². The van der Waals surface area contributed by atoms with Crippen molar-refractivity contribution in [2.45, 2.75) is 13.3 Å². The monoisotopic (exact) mass is 342 g/mol. The molecule has 1 aromatic carbocycles. The van der Waals surface area contributed by atoms with Crippen molar-refractivity contribution in [3.63, 3.8) is 0 Å². The first-order valence-corrected chi connectivity index (χ1v) is 7.94. The molecule has 0 aliphatic carbocycles. The van der Waals surface area contributed by atoms with Crippen LogP contribution in [0.1, 0.15) is 22.5 Å². The number of hydrogen-bond acceptors (Lipinski definition) is 5. The molecule has 0 spiro atoms. The molecule has 25 heavy (non-hydrogen) atoms. The lowest BCUT2D eigenvalue weighted by Gasteiger charge is -2.13. The number of amides is 2. The summed E-state index contributed by atoms with van der Waals surface area (Å²) in [6, 6.07) is 8.72. The smallest absolute Gasteiger partial charge is 0.269 e. The number of aromatic nitrogens is 1. The molecular weight excluding hydrogens is 320 g/mol. The van der Waals surface area contributed by atoms with Gasteiger partial charge in [-0.15, -0.1) is 0 Å². The van der Waals surface area contributed by atoms with E-state index in [0.717, 1.165) is 5.56 Å². The molecule has 3 N–H and O–H groups in total. The second-order valence-corrected chi connectivity index (χ2v) is 5.46. The molecule has 0 unspecified atom stereocenters. The molecular formula is C18H22N4O3. The van der Waals surface area contributed by atoms with Crippen LogP contribution in [-0.4, -0.2) is 37.4 Å². The topological polar surface area (TPSA) is 92.3 Å². The average molecular weight is 342 g/mol. The number of pyridine rings is 1. The number of nitrogens with zero attached hydrogens (tertiary/aromatic N) is 1. The number of aryl methyl sites for hydroxylation is 1. The molecule has 7 nitrogen and oxygen atoms in total. The highest BCUT2D eigenvalue weighted by Gasteiger charge is 2.11. The number of anilines is 1. The second kappa shape index (κ2) is 8.79. The van der Waals surface area contributed by atoms with Crippen LogP contribution in [0.4, 0.5) is 5.69 Å². The molecule has 0 bridgehead atoms. The zero-order valence-corrected chi connectivity index (χ0v) is 14.6. The Kier molecular flexibility index (Phi) is 6.47. The maximum atomic E-state index is 12.0. The SMILES string of the molecule is CNCCC(=O)Nc1ccc(C)cc1Oc1ccnc(C(=O)NC)c1. The molecule has 0 saturated carbocycles. The Balaban J connectivity index is 2.22. The summed E-state index contributed by atoms with van der Waals surface area (Å²) in [6.45, 7) is 2.52. The molecule has 132 valence electrons. The van der Waals surface area contributed by atoms with E-state index in [1.807, 2.05) is 19.1 Å². The Morgan fingerprint density at radius 1 is 1.16 bits per heavy atom. The van der Waals surface area contributed by atoms with Gasteiger partial charge in [-0.05, 0) is 37.7 Å². The van der Waals surface area contributed by atoms with Crippen LogP contribution >= 0.6 is 0 Å². The highest BCUT2D eigenvalue weighted by Crippen LogP contribution is 2.30. The molecule has 2 rings (SSSR count). The van der Waals surface area contributed by atoms with Crippen LogP contribution in [0.2, 0.25) is 0 Å². The quantitative estimate of drug-likeness (QED) is 0.716. The summed E-state index contributed by atoms with van der Waals surface area (Å²) in [5.41, 5.74) is 1.82. The number of carbonyl (C=O) groups is 2. The fourth-order valence-electron chi connectivity index (χ4n) is 2.12. The summed E-state index contributed by atoms with van der Waals surface area (Å²) in [6.07, 6.45) is 1.86. The molecule has 1 aromatic heterocycles. The largest absolute Gasteiger partial charge is 0.455 e. The molecule has 0 aliphatic heterocycles. The van der Waals surface area contributed by atoms with E-state index in [2.05, 4.69) is 20.9 Å². The van der Waals surface area contributed by atoms with Crippen LogP contribution in [0.15, 0.2) is 36.5 Å². The number of ether oxygens (including phenoxy) is 1. The van der Waals surface area contributed by atoms with E-state index < -0.39 is 0 Å². The first-order valence-electron chi connectivity index (χ1n) is 7.94. The van der Waals surface area contributed by atoms with Crippen LogP contribution in [-0.2, 0) is 4.79 Å². The van der Waals surface area contributed by atoms with Gasteiger partial charge in [-0.1, -0.05) is 6.07 Å². The van der Waals surface area contributed by atoms with Crippen molar-refractivity contribution < 1.29 is 14.3 Å². The van der Waals surface area contributed by atoms with E-state index in [0.29, 0.717) is 30.2 Å². The zero-order chi connectivity index (χ0) is 18.2. The lowest BCUT2D eigenvalue weighted by molar-refractivity contribution is -0.116. The zero-order valence-electron chi connectivity index (χ0n) is 14.6. The van der Waals surface area contributed by atoms with Gasteiger partial charge in [0, 0.05) is 32.3 Å². The maximum absolute atomic E-state index is 12.0. The van der Waals surface area contributed by atoms with Gasteiger partial charge < -0.3 is 20.7 Å². The minimum absolute atomic E-state index is 0.108. The van der Waals surface area contributed by atoms with Crippen LogP contribution < -0.4 is 20.7 Å². The number of nitrogens with one attached hydrogen (secondary N) is 3. The second-order valence-electron chi connectivity index (χ2n) is 5.46. The average Bonchev–Trinajstić information content (AvgIpc) is 2.61. The van der Waals surface area contributed by atoms with Gasteiger partial charge in [-0.25, -0.2) is 0 Å². The van der Waals surface area contributed by atoms with E-state index in [9.17, 15) is 9.59 Å². The van der Waals surface area contributed by atoms with Crippen molar-refractivity contribution in [2.24, 2.45) is 0 Å². The summed E-state index contributed by atoms with van der Waals surface area (Å²) >= 11 is 0. The summed E-state index contributed by atoms with van der Waals surface area (Å²) in [7, 11) is 3.33. The summed E-state index contributed by atoms with van der Waals surface area (Å²) in [4.78, 5) is 27.7. The predicted molar refractivity (Wildman–Crippen MR) is 96.1 cm³/mol. The Labute approximate surface area is 146 Å². The Hall–Kier alpha value is -2.93. The number of hydrogen-bond donors (Lipinski definition) is 3. The van der Waals surface area contributed by atoms with Crippen LogP contribution in [0.25, 0.3) is 0 Å². The molecule has 1 heterocycles. The van der Waals surface area contributed by atoms with Crippen LogP contribution in [0.3, 0.4) is 0 Å². The predicted octanol–water partition coefficient (Wildman–Crippen LogP) is 2.09. The minimum atomic E-state index is -0.296. The molecule has 7 heteroatoms. The normalized spacial score (nSPS) is 10.2. The Bertz CT molecular complexity index is 762. The fourth-order valence-corrected chi connectivity index (χ4v) is 2.12. The maximum Gasteiger partial charge on any atom is 0.269 e. The first-order chi connectivity index (χ1) is 12.0. The van der Waals surface area contributed by atoms with Crippen molar-refractivity contribution in [3.05, 3.63) is 47.8 Å². The minimum Gasteiger partial charge on any atom is -0.455 e. The van der Waals surface area contributed by atoms with Crippen LogP contribution in [0.5, 0.6) is 11.5 Å². The van der Waals surface area contributed by atoms with Crippen LogP contribution in [0, 0.1) is 6.92 Å². The van der Waals surface area contributed by atoms with Crippen molar-refractivity contribution in [2.75, 3.05) is 26.0 Å². The highest BCUT2D eigenvalue weighted by molar-refractivity contribution is 5.93. The van der Waals surface area contributed by atoms with Gasteiger partial charge in [0.1, 0.15) is 11.4 Å². The fraction of sp³-hybridized carbons (Fsp3) is 0.278. The first kappa shape index (κ1) is 18.4. The summed E-state index contributed by atoms with van der Waals surface area (Å²) in [5, 5.41) is 8.29. The number of rotatable bonds is 7. The van der Waals surface area contributed by atoms with Gasteiger partial charge >= 0.3 is 0 Å². The lowest BCUT2D eigenvalue weighted by Crippen LogP contribution is -2.19. The molecule has 0 aliphatic rings. The van der Waals surface area contributed by atoms with Gasteiger partial charge in [-0.2, -0.15) is 0 Å². The molecule has 0 fully saturated rings. The number of carbonyl (C=O) groups excluding carboxylic acids is 2. The van der Waals surface area contributed by atoms with Gasteiger partial charge in [0.25, 0.3) is 5.91 Å². The molecule has 2 amide bonds. The van der Waals surface area contributed by atoms with Crippen molar-refractivity contribution in [1.82, 2.24) is 15.6 Å². The Morgan fingerprint density at radius 3 is 2.68 bits per heavy atom. The van der Waals surface area contributed by atoms with E-state index in [1.54, 1.807) is 25.2 Å². The molecule has 0 radical (unpaired) electrons. The molecule has 0 atom stereocenters. The van der Waals surface area contributed by atoms with E-state index in [-0.39, 0.29) is 17.5 Å². The third-order valence-corrected chi connectivity index (χ3v) is 3.43. The van der Waals surface area contributed by atoms with Gasteiger partial charge in [0.05, 0.1) is 5.69 Å². The van der Waals surface area contributed by atoms with Crippen molar-refractivity contribution >= 4 is 17.5 Å². The lowest BCUT2D eigenvalue weighted by atomic mass is 10.2. The van der Waals surface area contributed by atoms with Gasteiger partial charge in [-0.3, -0.25) is 14.6 Å². The summed E-state index contributed by atoms with van der Waals surface area (Å²) < 4.78 is 5.88.